The van der Waals surface area contributed by atoms with E-state index in [1.54, 1.807) is 0 Å². The Labute approximate surface area is 71.5 Å². The van der Waals surface area contributed by atoms with Gasteiger partial charge in [0.25, 0.3) is 0 Å². The maximum Gasteiger partial charge on any atom is 0.417 e. The number of nitrogens with zero attached hydrogens (tertiary/aromatic N) is 1. The molecule has 0 spiro atoms. The van der Waals surface area contributed by atoms with Crippen LogP contribution in [-0.4, -0.2) is 30.7 Å². The molecule has 0 aromatic carbocycles. The van der Waals surface area contributed by atoms with Crippen LogP contribution in [-0.2, 0) is 4.74 Å². The number of carbonyl (C=O) groups is 2. The van der Waals surface area contributed by atoms with E-state index in [4.69, 9.17) is 5.73 Å². The van der Waals surface area contributed by atoms with Gasteiger partial charge in [-0.1, -0.05) is 13.8 Å². The normalized spacial score (nSPS) is 9.67. The Morgan fingerprint density at radius 1 is 1.50 bits per heavy atom. The third kappa shape index (κ3) is 3.23. The van der Waals surface area contributed by atoms with Crippen LogP contribution in [0.15, 0.2) is 0 Å². The van der Waals surface area contributed by atoms with Gasteiger partial charge in [0.2, 0.25) is 0 Å². The monoisotopic (exact) mass is 174 g/mol. The average Bonchev–Trinajstić information content (AvgIpc) is 1.98. The van der Waals surface area contributed by atoms with Gasteiger partial charge >= 0.3 is 12.1 Å². The van der Waals surface area contributed by atoms with E-state index in [2.05, 4.69) is 4.74 Å². The molecule has 0 aromatic rings. The summed E-state index contributed by atoms with van der Waals surface area (Å²) in [5.74, 6) is 0.177. The number of urea groups is 1. The minimum atomic E-state index is -0.782. The summed E-state index contributed by atoms with van der Waals surface area (Å²) in [7, 11) is 1.21. The molecule has 0 heterocycles. The first-order valence-corrected chi connectivity index (χ1v) is 3.64. The highest BCUT2D eigenvalue weighted by Gasteiger charge is 2.19. The Hall–Kier alpha value is -1.26. The van der Waals surface area contributed by atoms with Gasteiger partial charge in [0.1, 0.15) is 0 Å². The van der Waals surface area contributed by atoms with Crippen LogP contribution in [0.1, 0.15) is 13.8 Å². The van der Waals surface area contributed by atoms with Crippen molar-refractivity contribution in [2.24, 2.45) is 11.7 Å². The third-order valence-corrected chi connectivity index (χ3v) is 1.21. The molecular formula is C7H14N2O3. The number of amides is 3. The molecule has 0 saturated heterocycles. The molecule has 0 rings (SSSR count). The van der Waals surface area contributed by atoms with Crippen LogP contribution in [0.3, 0.4) is 0 Å². The van der Waals surface area contributed by atoms with Crippen molar-refractivity contribution in [3.63, 3.8) is 0 Å². The number of hydrogen-bond acceptors (Lipinski definition) is 3. The molecule has 5 heteroatoms. The van der Waals surface area contributed by atoms with Crippen molar-refractivity contribution in [1.82, 2.24) is 4.90 Å². The predicted molar refractivity (Wildman–Crippen MR) is 43.5 cm³/mol. The Morgan fingerprint density at radius 2 is 2.00 bits per heavy atom. The second-order valence-electron chi connectivity index (χ2n) is 2.81. The number of ether oxygens (including phenoxy) is 1. The van der Waals surface area contributed by atoms with Gasteiger partial charge in [0.05, 0.1) is 7.11 Å². The molecule has 0 aliphatic carbocycles. The molecule has 2 N–H and O–H groups in total. The second-order valence-corrected chi connectivity index (χ2v) is 2.81. The molecular weight excluding hydrogens is 160 g/mol. The summed E-state index contributed by atoms with van der Waals surface area (Å²) in [5, 5.41) is 0. The Kier molecular flexibility index (Phi) is 4.10. The summed E-state index contributed by atoms with van der Waals surface area (Å²) in [6.45, 7) is 4.03. The van der Waals surface area contributed by atoms with Crippen molar-refractivity contribution in [2.75, 3.05) is 13.7 Å². The van der Waals surface area contributed by atoms with E-state index in [0.717, 1.165) is 4.90 Å². The van der Waals surface area contributed by atoms with E-state index < -0.39 is 12.1 Å². The first-order chi connectivity index (χ1) is 5.49. The van der Waals surface area contributed by atoms with Gasteiger partial charge in [-0.05, 0) is 5.92 Å². The van der Waals surface area contributed by atoms with Crippen molar-refractivity contribution in [3.8, 4) is 0 Å². The molecule has 0 atom stereocenters. The first kappa shape index (κ1) is 10.7. The van der Waals surface area contributed by atoms with Gasteiger partial charge in [-0.25, -0.2) is 14.5 Å². The SMILES string of the molecule is COC(=O)N(CC(C)C)C(N)=O. The fourth-order valence-electron chi connectivity index (χ4n) is 0.730. The largest absolute Gasteiger partial charge is 0.452 e. The zero-order valence-electron chi connectivity index (χ0n) is 7.53. The standard InChI is InChI=1S/C7H14N2O3/c1-5(2)4-9(6(8)10)7(11)12-3/h5H,4H2,1-3H3,(H2,8,10). The lowest BCUT2D eigenvalue weighted by Crippen LogP contribution is -2.42. The predicted octanol–water partition coefficient (Wildman–Crippen LogP) is 0.790. The maximum atomic E-state index is 10.9. The summed E-state index contributed by atoms with van der Waals surface area (Å²) >= 11 is 0. The summed E-state index contributed by atoms with van der Waals surface area (Å²) in [4.78, 5) is 22.4. The minimum absolute atomic E-state index is 0.177. The van der Waals surface area contributed by atoms with Gasteiger partial charge in [-0.2, -0.15) is 0 Å². The lowest BCUT2D eigenvalue weighted by Gasteiger charge is -2.18. The van der Waals surface area contributed by atoms with Crippen LogP contribution in [0.4, 0.5) is 9.59 Å². The van der Waals surface area contributed by atoms with Gasteiger partial charge < -0.3 is 10.5 Å². The third-order valence-electron chi connectivity index (χ3n) is 1.21. The van der Waals surface area contributed by atoms with E-state index >= 15 is 0 Å². The topological polar surface area (TPSA) is 72.6 Å². The fraction of sp³-hybridized carbons (Fsp3) is 0.714. The summed E-state index contributed by atoms with van der Waals surface area (Å²) in [5.41, 5.74) is 4.95. The smallest absolute Gasteiger partial charge is 0.417 e. The number of imide groups is 1. The number of primary amides is 1. The average molecular weight is 174 g/mol. The first-order valence-electron chi connectivity index (χ1n) is 3.64. The number of rotatable bonds is 2. The van der Waals surface area contributed by atoms with Gasteiger partial charge in [0.15, 0.2) is 0 Å². The van der Waals surface area contributed by atoms with Crippen molar-refractivity contribution < 1.29 is 14.3 Å². The molecule has 12 heavy (non-hydrogen) atoms. The zero-order valence-corrected chi connectivity index (χ0v) is 7.53. The zero-order chi connectivity index (χ0) is 9.72. The Morgan fingerprint density at radius 3 is 2.25 bits per heavy atom. The number of nitrogens with two attached hydrogens (primary N) is 1. The molecule has 70 valence electrons. The molecule has 3 amide bonds. The van der Waals surface area contributed by atoms with Crippen LogP contribution in [0.25, 0.3) is 0 Å². The van der Waals surface area contributed by atoms with E-state index in [-0.39, 0.29) is 12.5 Å². The van der Waals surface area contributed by atoms with Gasteiger partial charge in [-0.3, -0.25) is 0 Å². The highest BCUT2D eigenvalue weighted by Crippen LogP contribution is 2.00. The molecule has 0 bridgehead atoms. The number of methoxy groups -OCH3 is 1. The molecule has 5 nitrogen and oxygen atoms in total. The van der Waals surface area contributed by atoms with Crippen molar-refractivity contribution in [1.29, 1.82) is 0 Å². The van der Waals surface area contributed by atoms with Crippen molar-refractivity contribution in [2.45, 2.75) is 13.8 Å². The minimum Gasteiger partial charge on any atom is -0.452 e. The van der Waals surface area contributed by atoms with E-state index in [1.165, 1.54) is 7.11 Å². The van der Waals surface area contributed by atoms with Crippen molar-refractivity contribution >= 4 is 12.1 Å². The quantitative estimate of drug-likeness (QED) is 0.672. The molecule has 0 aliphatic heterocycles. The second kappa shape index (κ2) is 4.58. The van der Waals surface area contributed by atoms with Crippen LogP contribution < -0.4 is 5.73 Å². The maximum absolute atomic E-state index is 10.9. The van der Waals surface area contributed by atoms with Crippen LogP contribution in [0, 0.1) is 5.92 Å². The lowest BCUT2D eigenvalue weighted by atomic mass is 10.2. The molecule has 0 saturated carbocycles. The summed E-state index contributed by atoms with van der Waals surface area (Å²) in [6.07, 6.45) is -0.712. The molecule has 0 radical (unpaired) electrons. The Bertz CT molecular complexity index is 179. The van der Waals surface area contributed by atoms with Crippen molar-refractivity contribution in [3.05, 3.63) is 0 Å². The summed E-state index contributed by atoms with van der Waals surface area (Å²) in [6, 6.07) is -0.782. The van der Waals surface area contributed by atoms with Crippen LogP contribution in [0.2, 0.25) is 0 Å². The highest BCUT2D eigenvalue weighted by molar-refractivity contribution is 5.89. The molecule has 0 fully saturated rings. The van der Waals surface area contributed by atoms with E-state index in [1.807, 2.05) is 13.8 Å². The number of carbonyl (C=O) groups excluding carboxylic acids is 2. The molecule has 0 aromatic heterocycles. The van der Waals surface area contributed by atoms with Crippen LogP contribution in [0.5, 0.6) is 0 Å². The molecule has 0 aliphatic rings. The molecule has 0 unspecified atom stereocenters. The van der Waals surface area contributed by atoms with Gasteiger partial charge in [0, 0.05) is 6.54 Å². The van der Waals surface area contributed by atoms with E-state index in [0.29, 0.717) is 0 Å². The van der Waals surface area contributed by atoms with E-state index in [9.17, 15) is 9.59 Å². The Balaban J connectivity index is 4.23. The fourth-order valence-corrected chi connectivity index (χ4v) is 0.730. The number of hydrogen-bond donors (Lipinski definition) is 1. The lowest BCUT2D eigenvalue weighted by molar-refractivity contribution is 0.128. The summed E-state index contributed by atoms with van der Waals surface area (Å²) < 4.78 is 4.36. The van der Waals surface area contributed by atoms with Crippen LogP contribution >= 0.6 is 0 Å². The van der Waals surface area contributed by atoms with Gasteiger partial charge in [-0.15, -0.1) is 0 Å². The highest BCUT2D eigenvalue weighted by atomic mass is 16.5.